The highest BCUT2D eigenvalue weighted by atomic mass is 19.4. The highest BCUT2D eigenvalue weighted by molar-refractivity contribution is 5.75. The second kappa shape index (κ2) is 5.43. The number of anilines is 1. The van der Waals surface area contributed by atoms with E-state index in [9.17, 15) is 13.2 Å². The van der Waals surface area contributed by atoms with Gasteiger partial charge < -0.3 is 4.90 Å². The van der Waals surface area contributed by atoms with Gasteiger partial charge in [0.1, 0.15) is 5.82 Å². The Morgan fingerprint density at radius 3 is 2.71 bits per heavy atom. The van der Waals surface area contributed by atoms with E-state index in [4.69, 9.17) is 0 Å². The van der Waals surface area contributed by atoms with E-state index in [1.807, 2.05) is 23.1 Å². The van der Waals surface area contributed by atoms with Gasteiger partial charge in [0.15, 0.2) is 5.65 Å². The third-order valence-corrected chi connectivity index (χ3v) is 4.14. The Bertz CT molecular complexity index is 890. The molecule has 0 fully saturated rings. The Hall–Kier alpha value is -2.70. The van der Waals surface area contributed by atoms with Crippen LogP contribution in [0.4, 0.5) is 19.0 Å². The molecule has 0 saturated carbocycles. The van der Waals surface area contributed by atoms with Crippen LogP contribution in [0.1, 0.15) is 16.8 Å². The van der Waals surface area contributed by atoms with Crippen LogP contribution < -0.4 is 4.90 Å². The summed E-state index contributed by atoms with van der Waals surface area (Å²) in [6.45, 7) is 1.24. The molecule has 0 N–H and O–H groups in total. The van der Waals surface area contributed by atoms with Crippen molar-refractivity contribution in [2.75, 3.05) is 11.4 Å². The monoisotopic (exact) mass is 330 g/mol. The number of halogens is 3. The smallest absolute Gasteiger partial charge is 0.352 e. The van der Waals surface area contributed by atoms with Gasteiger partial charge in [-0.3, -0.25) is 0 Å². The molecule has 0 saturated heterocycles. The summed E-state index contributed by atoms with van der Waals surface area (Å²) in [5.41, 5.74) is 2.03. The molecule has 0 bridgehead atoms. The van der Waals surface area contributed by atoms with E-state index in [0.29, 0.717) is 25.3 Å². The number of rotatable bonds is 1. The molecule has 1 aliphatic heterocycles. The van der Waals surface area contributed by atoms with Gasteiger partial charge in [0, 0.05) is 43.0 Å². The predicted octanol–water partition coefficient (Wildman–Crippen LogP) is 3.61. The van der Waals surface area contributed by atoms with Crippen molar-refractivity contribution in [1.82, 2.24) is 15.0 Å². The predicted molar refractivity (Wildman–Crippen MR) is 83.5 cm³/mol. The fourth-order valence-corrected chi connectivity index (χ4v) is 2.90. The molecule has 0 unspecified atom stereocenters. The van der Waals surface area contributed by atoms with Crippen molar-refractivity contribution in [2.45, 2.75) is 19.1 Å². The molecule has 3 aromatic heterocycles. The van der Waals surface area contributed by atoms with E-state index in [1.165, 1.54) is 6.07 Å². The van der Waals surface area contributed by atoms with Crippen LogP contribution in [-0.2, 0) is 19.1 Å². The Morgan fingerprint density at radius 2 is 1.96 bits per heavy atom. The molecule has 0 atom stereocenters. The second-order valence-electron chi connectivity index (χ2n) is 5.72. The number of pyridine rings is 3. The molecule has 0 spiro atoms. The average Bonchev–Trinajstić information content (AvgIpc) is 2.59. The topological polar surface area (TPSA) is 41.9 Å². The average molecular weight is 330 g/mol. The van der Waals surface area contributed by atoms with Crippen molar-refractivity contribution in [1.29, 1.82) is 0 Å². The summed E-state index contributed by atoms with van der Waals surface area (Å²) >= 11 is 0. The van der Waals surface area contributed by atoms with Gasteiger partial charge in [0.2, 0.25) is 0 Å². The Balaban J connectivity index is 1.63. The number of hydrogen-bond donors (Lipinski definition) is 0. The van der Waals surface area contributed by atoms with E-state index < -0.39 is 11.7 Å². The van der Waals surface area contributed by atoms with E-state index in [2.05, 4.69) is 15.0 Å². The van der Waals surface area contributed by atoms with Gasteiger partial charge in [-0.05, 0) is 35.9 Å². The molecule has 4 nitrogen and oxygen atoms in total. The van der Waals surface area contributed by atoms with Crippen molar-refractivity contribution < 1.29 is 13.2 Å². The van der Waals surface area contributed by atoms with Crippen molar-refractivity contribution in [2.24, 2.45) is 0 Å². The van der Waals surface area contributed by atoms with Gasteiger partial charge in [-0.25, -0.2) is 15.0 Å². The standard InChI is InChI=1S/C17H13F3N4/c18-17(19,20)13-3-4-15(22-9-13)24-7-5-14-12(10-24)8-11-2-1-6-21-16(11)23-14/h1-4,6,8-9H,5,7,10H2. The molecule has 0 aliphatic carbocycles. The fraction of sp³-hybridized carbons (Fsp3) is 0.235. The minimum Gasteiger partial charge on any atom is -0.352 e. The van der Waals surface area contributed by atoms with Crippen molar-refractivity contribution in [3.63, 3.8) is 0 Å². The molecule has 4 rings (SSSR count). The molecule has 122 valence electrons. The molecule has 1 aliphatic rings. The maximum Gasteiger partial charge on any atom is 0.417 e. The summed E-state index contributed by atoms with van der Waals surface area (Å²) in [5, 5.41) is 0.957. The summed E-state index contributed by atoms with van der Waals surface area (Å²) < 4.78 is 37.9. The molecular formula is C17H13F3N4. The number of hydrogen-bond acceptors (Lipinski definition) is 4. The van der Waals surface area contributed by atoms with Gasteiger partial charge in [0.25, 0.3) is 0 Å². The molecule has 0 aromatic carbocycles. The maximum atomic E-state index is 12.6. The van der Waals surface area contributed by atoms with Gasteiger partial charge in [-0.1, -0.05) is 0 Å². The maximum absolute atomic E-state index is 12.6. The number of fused-ring (bicyclic) bond motifs is 2. The molecule has 0 radical (unpaired) electrons. The van der Waals surface area contributed by atoms with E-state index in [1.54, 1.807) is 6.20 Å². The third-order valence-electron chi connectivity index (χ3n) is 4.14. The van der Waals surface area contributed by atoms with Gasteiger partial charge in [-0.2, -0.15) is 13.2 Å². The van der Waals surface area contributed by atoms with Crippen LogP contribution >= 0.6 is 0 Å². The largest absolute Gasteiger partial charge is 0.417 e. The first-order chi connectivity index (χ1) is 11.5. The van der Waals surface area contributed by atoms with Crippen molar-refractivity contribution in [3.8, 4) is 0 Å². The first kappa shape index (κ1) is 14.9. The zero-order chi connectivity index (χ0) is 16.7. The number of nitrogens with zero attached hydrogens (tertiary/aromatic N) is 4. The lowest BCUT2D eigenvalue weighted by Gasteiger charge is -2.29. The summed E-state index contributed by atoms with van der Waals surface area (Å²) in [6.07, 6.45) is -1.06. The minimum absolute atomic E-state index is 0.542. The zero-order valence-corrected chi connectivity index (χ0v) is 12.6. The van der Waals surface area contributed by atoms with Crippen LogP contribution in [0.25, 0.3) is 11.0 Å². The van der Waals surface area contributed by atoms with Gasteiger partial charge in [0.05, 0.1) is 5.56 Å². The SMILES string of the molecule is FC(F)(F)c1ccc(N2CCc3nc4ncccc4cc3C2)nc1. The lowest BCUT2D eigenvalue weighted by atomic mass is 10.0. The normalized spacial score (nSPS) is 14.7. The minimum atomic E-state index is -4.37. The van der Waals surface area contributed by atoms with Crippen molar-refractivity contribution in [3.05, 3.63) is 59.5 Å². The van der Waals surface area contributed by atoms with E-state index in [-0.39, 0.29) is 0 Å². The van der Waals surface area contributed by atoms with E-state index >= 15 is 0 Å². The fourth-order valence-electron chi connectivity index (χ4n) is 2.90. The molecule has 24 heavy (non-hydrogen) atoms. The first-order valence-electron chi connectivity index (χ1n) is 7.52. The van der Waals surface area contributed by atoms with Crippen LogP contribution in [0, 0.1) is 0 Å². The van der Waals surface area contributed by atoms with E-state index in [0.717, 1.165) is 34.6 Å². The first-order valence-corrected chi connectivity index (χ1v) is 7.52. The molecule has 3 aromatic rings. The molecule has 4 heterocycles. The summed E-state index contributed by atoms with van der Waals surface area (Å²) in [6, 6.07) is 8.34. The third kappa shape index (κ3) is 2.66. The quantitative estimate of drug-likeness (QED) is 0.684. The lowest BCUT2D eigenvalue weighted by Crippen LogP contribution is -2.31. The Kier molecular flexibility index (Phi) is 3.37. The molecular weight excluding hydrogens is 317 g/mol. The summed E-state index contributed by atoms with van der Waals surface area (Å²) in [4.78, 5) is 14.8. The molecule has 0 amide bonds. The Morgan fingerprint density at radius 1 is 1.08 bits per heavy atom. The Labute approximate surface area is 136 Å². The van der Waals surface area contributed by atoms with Gasteiger partial charge in [-0.15, -0.1) is 0 Å². The highest BCUT2D eigenvalue weighted by Crippen LogP contribution is 2.30. The number of aromatic nitrogens is 3. The van der Waals surface area contributed by atoms with Crippen LogP contribution in [0.2, 0.25) is 0 Å². The van der Waals surface area contributed by atoms with Crippen LogP contribution in [-0.4, -0.2) is 21.5 Å². The lowest BCUT2D eigenvalue weighted by molar-refractivity contribution is -0.137. The second-order valence-corrected chi connectivity index (χ2v) is 5.72. The van der Waals surface area contributed by atoms with Crippen LogP contribution in [0.3, 0.4) is 0 Å². The summed E-state index contributed by atoms with van der Waals surface area (Å²) in [7, 11) is 0. The molecule has 7 heteroatoms. The highest BCUT2D eigenvalue weighted by Gasteiger charge is 2.31. The van der Waals surface area contributed by atoms with Crippen LogP contribution in [0.15, 0.2) is 42.7 Å². The zero-order valence-electron chi connectivity index (χ0n) is 12.6. The van der Waals surface area contributed by atoms with Crippen LogP contribution in [0.5, 0.6) is 0 Å². The van der Waals surface area contributed by atoms with Crippen molar-refractivity contribution >= 4 is 16.9 Å². The summed E-state index contributed by atoms with van der Waals surface area (Å²) in [5.74, 6) is 0.542. The number of alkyl halides is 3. The van der Waals surface area contributed by atoms with Gasteiger partial charge >= 0.3 is 6.18 Å².